The summed E-state index contributed by atoms with van der Waals surface area (Å²) in [6.45, 7) is 0. The lowest BCUT2D eigenvalue weighted by Crippen LogP contribution is -2.15. The zero-order chi connectivity index (χ0) is 17.8. The Morgan fingerprint density at radius 1 is 1.32 bits per heavy atom. The van der Waals surface area contributed by atoms with Gasteiger partial charge >= 0.3 is 0 Å². The lowest BCUT2D eigenvalue weighted by molar-refractivity contribution is -0.113. The van der Waals surface area contributed by atoms with Crippen molar-refractivity contribution in [1.29, 1.82) is 0 Å². The van der Waals surface area contributed by atoms with Crippen LogP contribution in [0, 0.1) is 9.77 Å². The van der Waals surface area contributed by atoms with Gasteiger partial charge in [0.05, 0.1) is 17.1 Å². The van der Waals surface area contributed by atoms with E-state index in [1.54, 1.807) is 4.68 Å². The zero-order valence-corrected chi connectivity index (χ0v) is 15.8. The molecule has 128 valence electrons. The molecule has 0 aliphatic heterocycles. The average Bonchev–Trinajstić information content (AvgIpc) is 2.98. The summed E-state index contributed by atoms with van der Waals surface area (Å²) in [7, 11) is 0. The van der Waals surface area contributed by atoms with E-state index in [0.717, 1.165) is 5.69 Å². The molecule has 0 bridgehead atoms. The van der Waals surface area contributed by atoms with Crippen molar-refractivity contribution < 1.29 is 9.18 Å². The van der Waals surface area contributed by atoms with Crippen molar-refractivity contribution in [2.75, 3.05) is 11.1 Å². The normalized spacial score (nSPS) is 10.6. The smallest absolute Gasteiger partial charge is 0.234 e. The van der Waals surface area contributed by atoms with Crippen molar-refractivity contribution in [3.63, 3.8) is 0 Å². The minimum Gasteiger partial charge on any atom is -0.323 e. The number of benzene rings is 2. The molecule has 0 aliphatic rings. The monoisotopic (exact) mass is 411 g/mol. The Kier molecular flexibility index (Phi) is 5.85. The van der Waals surface area contributed by atoms with Gasteiger partial charge in [0.2, 0.25) is 5.91 Å². The van der Waals surface area contributed by atoms with E-state index < -0.39 is 5.82 Å². The molecular weight excluding hydrogens is 401 g/mol. The first-order chi connectivity index (χ1) is 12.0. The van der Waals surface area contributed by atoms with E-state index in [1.165, 1.54) is 41.3 Å². The summed E-state index contributed by atoms with van der Waals surface area (Å²) in [6, 6.07) is 13.5. The lowest BCUT2D eigenvalue weighted by atomic mass is 10.3. The number of para-hydroxylation sites is 1. The maximum atomic E-state index is 13.6. The molecule has 0 saturated carbocycles. The Hall–Kier alpha value is -1.74. The molecule has 0 aliphatic carbocycles. The summed E-state index contributed by atoms with van der Waals surface area (Å²) >= 11 is 13.7. The number of nitrogens with one attached hydrogen (secondary N) is 1. The van der Waals surface area contributed by atoms with Crippen LogP contribution in [-0.4, -0.2) is 21.4 Å². The second kappa shape index (κ2) is 8.09. The number of anilines is 1. The molecule has 9 heteroatoms. The van der Waals surface area contributed by atoms with Gasteiger partial charge in [0.25, 0.3) is 0 Å². The number of hydrogen-bond acceptors (Lipinski definition) is 5. The van der Waals surface area contributed by atoms with Gasteiger partial charge in [0, 0.05) is 5.02 Å². The summed E-state index contributed by atoms with van der Waals surface area (Å²) in [5.74, 6) is -0.798. The van der Waals surface area contributed by atoms with E-state index in [1.807, 2.05) is 30.3 Å². The van der Waals surface area contributed by atoms with Crippen LogP contribution >= 0.6 is 46.9 Å². The molecule has 1 aromatic heterocycles. The molecule has 3 rings (SSSR count). The second-order valence-corrected chi connectivity index (χ2v) is 8.12. The fraction of sp³-hybridized carbons (Fsp3) is 0.0625. The highest BCUT2D eigenvalue weighted by atomic mass is 35.5. The van der Waals surface area contributed by atoms with Crippen LogP contribution in [0.15, 0.2) is 52.9 Å². The third-order valence-corrected chi connectivity index (χ3v) is 5.66. The fourth-order valence-corrected chi connectivity index (χ4v) is 4.29. The molecule has 0 spiro atoms. The molecule has 0 fully saturated rings. The number of nitrogens with zero attached hydrogens (tertiary/aromatic N) is 2. The highest BCUT2D eigenvalue weighted by molar-refractivity contribution is 8.01. The van der Waals surface area contributed by atoms with E-state index in [9.17, 15) is 9.18 Å². The van der Waals surface area contributed by atoms with Crippen LogP contribution in [0.1, 0.15) is 0 Å². The Bertz CT molecular complexity index is 959. The lowest BCUT2D eigenvalue weighted by Gasteiger charge is -2.05. The molecule has 0 radical (unpaired) electrons. The van der Waals surface area contributed by atoms with Crippen LogP contribution in [0.3, 0.4) is 0 Å². The molecule has 4 nitrogen and oxygen atoms in total. The van der Waals surface area contributed by atoms with Crippen LogP contribution in [0.2, 0.25) is 5.02 Å². The first kappa shape index (κ1) is 18.1. The van der Waals surface area contributed by atoms with E-state index in [2.05, 4.69) is 10.4 Å². The predicted molar refractivity (Wildman–Crippen MR) is 103 cm³/mol. The zero-order valence-electron chi connectivity index (χ0n) is 12.6. The van der Waals surface area contributed by atoms with Crippen LogP contribution in [-0.2, 0) is 4.79 Å². The number of carbonyl (C=O) groups excluding carboxylic acids is 1. The van der Waals surface area contributed by atoms with Crippen molar-refractivity contribution in [3.8, 4) is 5.69 Å². The molecule has 25 heavy (non-hydrogen) atoms. The average molecular weight is 412 g/mol. The maximum Gasteiger partial charge on any atom is 0.234 e. The summed E-state index contributed by atoms with van der Waals surface area (Å²) in [6.07, 6.45) is 0. The molecule has 0 saturated heterocycles. The van der Waals surface area contributed by atoms with Crippen molar-refractivity contribution >= 4 is 58.5 Å². The molecular formula is C16H11ClFN3OS3. The molecule has 1 N–H and O–H groups in total. The minimum atomic E-state index is -0.535. The van der Waals surface area contributed by atoms with Crippen molar-refractivity contribution in [2.45, 2.75) is 4.34 Å². The van der Waals surface area contributed by atoms with Crippen LogP contribution in [0.4, 0.5) is 10.1 Å². The van der Waals surface area contributed by atoms with E-state index >= 15 is 0 Å². The van der Waals surface area contributed by atoms with Gasteiger partial charge in [-0.3, -0.25) is 4.79 Å². The van der Waals surface area contributed by atoms with Gasteiger partial charge in [-0.15, -0.1) is 5.10 Å². The number of thioether (sulfide) groups is 1. The third kappa shape index (κ3) is 4.66. The Morgan fingerprint density at radius 3 is 2.84 bits per heavy atom. The second-order valence-electron chi connectivity index (χ2n) is 4.84. The Balaban J connectivity index is 1.65. The molecule has 2 aromatic carbocycles. The number of halogens is 2. The third-order valence-electron chi connectivity index (χ3n) is 3.06. The summed E-state index contributed by atoms with van der Waals surface area (Å²) < 4.78 is 16.5. The van der Waals surface area contributed by atoms with E-state index in [0.29, 0.717) is 13.3 Å². The predicted octanol–water partition coefficient (Wildman–Crippen LogP) is 5.19. The summed E-state index contributed by atoms with van der Waals surface area (Å²) in [4.78, 5) is 12.0. The van der Waals surface area contributed by atoms with E-state index in [-0.39, 0.29) is 17.3 Å². The molecule has 0 atom stereocenters. The quantitative estimate of drug-likeness (QED) is 0.463. The van der Waals surface area contributed by atoms with E-state index in [4.69, 9.17) is 23.8 Å². The van der Waals surface area contributed by atoms with Crippen LogP contribution in [0.5, 0.6) is 0 Å². The molecule has 3 aromatic rings. The topological polar surface area (TPSA) is 46.9 Å². The van der Waals surface area contributed by atoms with Crippen molar-refractivity contribution in [2.24, 2.45) is 0 Å². The Labute approximate surface area is 161 Å². The van der Waals surface area contributed by atoms with Gasteiger partial charge in [0.1, 0.15) is 5.82 Å². The highest BCUT2D eigenvalue weighted by Crippen LogP contribution is 2.25. The number of hydrogen-bond donors (Lipinski definition) is 1. The maximum absolute atomic E-state index is 13.6. The van der Waals surface area contributed by atoms with Gasteiger partial charge in [-0.25, -0.2) is 9.07 Å². The summed E-state index contributed by atoms with van der Waals surface area (Å²) in [5.41, 5.74) is 0.918. The number of rotatable bonds is 5. The van der Waals surface area contributed by atoms with Crippen LogP contribution < -0.4 is 5.32 Å². The largest absolute Gasteiger partial charge is 0.323 e. The standard InChI is InChI=1S/C16H11ClFN3OS3/c17-10-6-7-12(18)13(8-10)19-14(22)9-24-15-20-21(16(23)25-15)11-4-2-1-3-5-11/h1-8H,9H2,(H,19,22). The summed E-state index contributed by atoms with van der Waals surface area (Å²) in [5, 5.41) is 7.26. The van der Waals surface area contributed by atoms with Gasteiger partial charge < -0.3 is 5.32 Å². The first-order valence-electron chi connectivity index (χ1n) is 7.06. The minimum absolute atomic E-state index is 0.0561. The molecule has 0 unspecified atom stereocenters. The Morgan fingerprint density at radius 2 is 2.08 bits per heavy atom. The molecule has 1 amide bonds. The van der Waals surface area contributed by atoms with Gasteiger partial charge in [-0.1, -0.05) is 52.9 Å². The highest BCUT2D eigenvalue weighted by Gasteiger charge is 2.11. The number of aromatic nitrogens is 2. The van der Waals surface area contributed by atoms with Crippen molar-refractivity contribution in [1.82, 2.24) is 9.78 Å². The number of carbonyl (C=O) groups is 1. The van der Waals surface area contributed by atoms with Crippen molar-refractivity contribution in [3.05, 3.63) is 63.3 Å². The first-order valence-corrected chi connectivity index (χ1v) is 9.65. The fourth-order valence-electron chi connectivity index (χ4n) is 1.96. The number of amides is 1. The van der Waals surface area contributed by atoms with Gasteiger partial charge in [-0.05, 0) is 42.5 Å². The van der Waals surface area contributed by atoms with Gasteiger partial charge in [0.15, 0.2) is 8.29 Å². The van der Waals surface area contributed by atoms with Crippen LogP contribution in [0.25, 0.3) is 5.69 Å². The SMILES string of the molecule is O=C(CSc1nn(-c2ccccc2)c(=S)s1)Nc1cc(Cl)ccc1F. The molecule has 1 heterocycles. The van der Waals surface area contributed by atoms with Gasteiger partial charge in [-0.2, -0.15) is 0 Å².